The number of hydrogen-bond acceptors (Lipinski definition) is 4. The Morgan fingerprint density at radius 2 is 2.24 bits per heavy atom. The van der Waals surface area contributed by atoms with Crippen LogP contribution >= 0.6 is 11.8 Å². The summed E-state index contributed by atoms with van der Waals surface area (Å²) in [6.45, 7) is 0. The second kappa shape index (κ2) is 4.97. The van der Waals surface area contributed by atoms with Gasteiger partial charge in [-0.2, -0.15) is 0 Å². The highest BCUT2D eigenvalue weighted by molar-refractivity contribution is 7.98. The van der Waals surface area contributed by atoms with Crippen LogP contribution in [0.1, 0.15) is 16.1 Å². The van der Waals surface area contributed by atoms with Gasteiger partial charge in [-0.05, 0) is 30.3 Å². The molecule has 1 aromatic carbocycles. The van der Waals surface area contributed by atoms with Crippen LogP contribution in [0.3, 0.4) is 0 Å². The number of nitrogens with two attached hydrogens (primary N) is 1. The Kier molecular flexibility index (Phi) is 3.39. The number of anilines is 1. The van der Waals surface area contributed by atoms with Gasteiger partial charge in [0.25, 0.3) is 0 Å². The van der Waals surface area contributed by atoms with E-state index in [9.17, 15) is 4.79 Å². The molecule has 0 aliphatic carbocycles. The molecular weight excluding hydrogens is 238 g/mol. The Hall–Kier alpha value is -1.88. The number of furan rings is 1. The van der Waals surface area contributed by atoms with Crippen molar-refractivity contribution in [3.63, 3.8) is 0 Å². The van der Waals surface area contributed by atoms with Crippen molar-refractivity contribution in [2.75, 3.05) is 5.73 Å². The minimum absolute atomic E-state index is 0.199. The summed E-state index contributed by atoms with van der Waals surface area (Å²) in [5.74, 6) is 0.555. The molecule has 0 atom stereocenters. The van der Waals surface area contributed by atoms with Gasteiger partial charge in [-0.1, -0.05) is 0 Å². The second-order valence-corrected chi connectivity index (χ2v) is 4.44. The molecule has 88 valence electrons. The summed E-state index contributed by atoms with van der Waals surface area (Å²) in [5, 5.41) is 8.80. The predicted octanol–water partition coefficient (Wildman–Crippen LogP) is 2.85. The number of nitrogen functional groups attached to an aromatic ring is 1. The first-order valence-corrected chi connectivity index (χ1v) is 5.93. The van der Waals surface area contributed by atoms with Crippen LogP contribution in [0.5, 0.6) is 0 Å². The lowest BCUT2D eigenvalue weighted by molar-refractivity contribution is 0.0697. The number of thioether (sulfide) groups is 1. The lowest BCUT2D eigenvalue weighted by atomic mass is 10.2. The molecule has 1 heterocycles. The van der Waals surface area contributed by atoms with E-state index in [1.165, 1.54) is 17.8 Å². The molecule has 2 rings (SSSR count). The van der Waals surface area contributed by atoms with E-state index >= 15 is 0 Å². The number of benzene rings is 1. The Balaban J connectivity index is 2.09. The average molecular weight is 249 g/mol. The standard InChI is InChI=1S/C12H11NO3S/c13-10-6-8(12(14)15)3-4-11(10)17-7-9-2-1-5-16-9/h1-6H,7,13H2,(H,14,15). The Labute approximate surface area is 102 Å². The van der Waals surface area contributed by atoms with E-state index < -0.39 is 5.97 Å². The Morgan fingerprint density at radius 3 is 2.82 bits per heavy atom. The maximum Gasteiger partial charge on any atom is 0.335 e. The van der Waals surface area contributed by atoms with Gasteiger partial charge in [0.1, 0.15) is 5.76 Å². The first kappa shape index (κ1) is 11.6. The highest BCUT2D eigenvalue weighted by Crippen LogP contribution is 2.28. The van der Waals surface area contributed by atoms with Crippen LogP contribution in [0, 0.1) is 0 Å². The molecule has 3 N–H and O–H groups in total. The molecule has 0 aliphatic rings. The van der Waals surface area contributed by atoms with Crippen molar-refractivity contribution in [2.45, 2.75) is 10.6 Å². The highest BCUT2D eigenvalue weighted by Gasteiger charge is 2.07. The van der Waals surface area contributed by atoms with E-state index in [-0.39, 0.29) is 5.56 Å². The zero-order valence-corrected chi connectivity index (χ0v) is 9.74. The van der Waals surface area contributed by atoms with Gasteiger partial charge in [-0.3, -0.25) is 0 Å². The van der Waals surface area contributed by atoms with Gasteiger partial charge in [-0.15, -0.1) is 11.8 Å². The van der Waals surface area contributed by atoms with Gasteiger partial charge >= 0.3 is 5.97 Å². The molecule has 0 bridgehead atoms. The summed E-state index contributed by atoms with van der Waals surface area (Å²) in [6.07, 6.45) is 1.62. The van der Waals surface area contributed by atoms with E-state index in [0.717, 1.165) is 10.7 Å². The fourth-order valence-corrected chi connectivity index (χ4v) is 2.21. The first-order valence-electron chi connectivity index (χ1n) is 4.95. The van der Waals surface area contributed by atoms with Crippen molar-refractivity contribution in [2.24, 2.45) is 0 Å². The highest BCUT2D eigenvalue weighted by atomic mass is 32.2. The molecule has 1 aromatic heterocycles. The number of carbonyl (C=O) groups is 1. The van der Waals surface area contributed by atoms with Crippen molar-refractivity contribution < 1.29 is 14.3 Å². The summed E-state index contributed by atoms with van der Waals surface area (Å²) in [4.78, 5) is 11.6. The van der Waals surface area contributed by atoms with Crippen molar-refractivity contribution in [1.82, 2.24) is 0 Å². The summed E-state index contributed by atoms with van der Waals surface area (Å²) in [6, 6.07) is 8.43. The van der Waals surface area contributed by atoms with Crippen LogP contribution in [0.4, 0.5) is 5.69 Å². The molecule has 4 nitrogen and oxygen atoms in total. The fraction of sp³-hybridized carbons (Fsp3) is 0.0833. The summed E-state index contributed by atoms with van der Waals surface area (Å²) >= 11 is 1.51. The minimum Gasteiger partial charge on any atom is -0.478 e. The molecule has 5 heteroatoms. The average Bonchev–Trinajstić information content (AvgIpc) is 2.80. The number of aromatic carboxylic acids is 1. The van der Waals surface area contributed by atoms with E-state index in [1.54, 1.807) is 18.4 Å². The van der Waals surface area contributed by atoms with Crippen LogP contribution in [0.15, 0.2) is 45.9 Å². The van der Waals surface area contributed by atoms with Crippen molar-refractivity contribution in [1.29, 1.82) is 0 Å². The second-order valence-electron chi connectivity index (χ2n) is 3.43. The van der Waals surface area contributed by atoms with E-state index in [1.807, 2.05) is 12.1 Å². The maximum absolute atomic E-state index is 10.7. The predicted molar refractivity (Wildman–Crippen MR) is 66.1 cm³/mol. The van der Waals surface area contributed by atoms with Gasteiger partial charge < -0.3 is 15.3 Å². The van der Waals surface area contributed by atoms with Crippen LogP contribution in [-0.4, -0.2) is 11.1 Å². The maximum atomic E-state index is 10.7. The van der Waals surface area contributed by atoms with Gasteiger partial charge in [0.2, 0.25) is 0 Å². The van der Waals surface area contributed by atoms with Gasteiger partial charge in [0.15, 0.2) is 0 Å². The first-order chi connectivity index (χ1) is 8.16. The third kappa shape index (κ3) is 2.82. The zero-order chi connectivity index (χ0) is 12.3. The van der Waals surface area contributed by atoms with E-state index in [4.69, 9.17) is 15.3 Å². The summed E-state index contributed by atoms with van der Waals surface area (Å²) in [5.41, 5.74) is 6.46. The molecular formula is C12H11NO3S. The molecule has 0 unspecified atom stereocenters. The number of rotatable bonds is 4. The number of hydrogen-bond donors (Lipinski definition) is 2. The van der Waals surface area contributed by atoms with Crippen LogP contribution in [-0.2, 0) is 5.75 Å². The van der Waals surface area contributed by atoms with Gasteiger partial charge in [0, 0.05) is 10.6 Å². The third-order valence-corrected chi connectivity index (χ3v) is 3.32. The van der Waals surface area contributed by atoms with Crippen LogP contribution in [0.2, 0.25) is 0 Å². The van der Waals surface area contributed by atoms with E-state index in [2.05, 4.69) is 0 Å². The quantitative estimate of drug-likeness (QED) is 0.643. The molecule has 17 heavy (non-hydrogen) atoms. The Bertz CT molecular complexity index is 523. The molecule has 0 saturated carbocycles. The molecule has 0 fully saturated rings. The molecule has 2 aromatic rings. The van der Waals surface area contributed by atoms with Crippen LogP contribution < -0.4 is 5.73 Å². The van der Waals surface area contributed by atoms with Crippen molar-refractivity contribution in [3.8, 4) is 0 Å². The van der Waals surface area contributed by atoms with Crippen LogP contribution in [0.25, 0.3) is 0 Å². The molecule has 0 saturated heterocycles. The number of carboxylic acid groups (broad SMARTS) is 1. The lowest BCUT2D eigenvalue weighted by Gasteiger charge is -2.05. The molecule has 0 radical (unpaired) electrons. The normalized spacial score (nSPS) is 10.4. The molecule has 0 spiro atoms. The topological polar surface area (TPSA) is 76.5 Å². The smallest absolute Gasteiger partial charge is 0.335 e. The summed E-state index contributed by atoms with van der Waals surface area (Å²) in [7, 11) is 0. The fourth-order valence-electron chi connectivity index (χ4n) is 1.36. The summed E-state index contributed by atoms with van der Waals surface area (Å²) < 4.78 is 5.20. The van der Waals surface area contributed by atoms with Crippen molar-refractivity contribution >= 4 is 23.4 Å². The minimum atomic E-state index is -0.973. The number of carboxylic acids is 1. The van der Waals surface area contributed by atoms with Gasteiger partial charge in [-0.25, -0.2) is 4.79 Å². The largest absolute Gasteiger partial charge is 0.478 e. The third-order valence-electron chi connectivity index (χ3n) is 2.21. The Morgan fingerprint density at radius 1 is 1.41 bits per heavy atom. The molecule has 0 amide bonds. The zero-order valence-electron chi connectivity index (χ0n) is 8.92. The van der Waals surface area contributed by atoms with Crippen molar-refractivity contribution in [3.05, 3.63) is 47.9 Å². The van der Waals surface area contributed by atoms with Gasteiger partial charge in [0.05, 0.1) is 17.6 Å². The SMILES string of the molecule is Nc1cc(C(=O)O)ccc1SCc1ccco1. The molecule has 0 aliphatic heterocycles. The monoisotopic (exact) mass is 249 g/mol. The lowest BCUT2D eigenvalue weighted by Crippen LogP contribution is -1.98. The van der Waals surface area contributed by atoms with E-state index in [0.29, 0.717) is 11.4 Å².